The lowest BCUT2D eigenvalue weighted by molar-refractivity contribution is -0.160. The van der Waals surface area contributed by atoms with Gasteiger partial charge in [-0.15, -0.1) is 0 Å². The van der Waals surface area contributed by atoms with Crippen molar-refractivity contribution in [3.05, 3.63) is 42.6 Å². The fourth-order valence-electron chi connectivity index (χ4n) is 8.26. The van der Waals surface area contributed by atoms with Crippen molar-refractivity contribution in [1.29, 1.82) is 0 Å². The van der Waals surface area contributed by atoms with Crippen molar-refractivity contribution >= 4 is 44.4 Å². The molecular formula is C43H59N3O9S. The number of Topliss-reactive ketones (excluding diaryl/α,β-unsaturated/α-hetero) is 1. The Bertz CT molecular complexity index is 2200. The number of esters is 1. The molecule has 2 saturated carbocycles. The Morgan fingerprint density at radius 2 is 1.89 bits per heavy atom. The molecule has 13 heteroatoms. The lowest BCUT2D eigenvalue weighted by Crippen LogP contribution is -2.48. The molecule has 3 heterocycles. The molecule has 2 aliphatic carbocycles. The van der Waals surface area contributed by atoms with Gasteiger partial charge in [0.05, 0.1) is 41.2 Å². The monoisotopic (exact) mass is 799 g/mol. The smallest absolute Gasteiger partial charge is 0.307 e. The fourth-order valence-corrected chi connectivity index (χ4v) is 9.59. The molecule has 0 radical (unpaired) electrons. The van der Waals surface area contributed by atoms with Crippen molar-refractivity contribution in [2.45, 2.75) is 142 Å². The number of rotatable bonds is 9. The number of ketones is 1. The molecule has 1 aromatic carbocycles. The Kier molecular flexibility index (Phi) is 9.58. The minimum absolute atomic E-state index is 0.00813. The van der Waals surface area contributed by atoms with Gasteiger partial charge in [0, 0.05) is 32.6 Å². The van der Waals surface area contributed by atoms with Crippen LogP contribution in [-0.2, 0) is 33.9 Å². The first kappa shape index (κ1) is 34.1. The molecule has 56 heavy (non-hydrogen) atoms. The molecule has 0 unspecified atom stereocenters. The summed E-state index contributed by atoms with van der Waals surface area (Å²) in [4.78, 5) is 63.4. The van der Waals surface area contributed by atoms with Crippen molar-refractivity contribution in [2.24, 2.45) is 29.1 Å². The van der Waals surface area contributed by atoms with Gasteiger partial charge in [-0.05, 0) is 127 Å². The predicted octanol–water partition coefficient (Wildman–Crippen LogP) is 6.69. The van der Waals surface area contributed by atoms with E-state index in [9.17, 15) is 22.8 Å². The van der Waals surface area contributed by atoms with Crippen molar-refractivity contribution in [2.75, 3.05) is 6.54 Å². The van der Waals surface area contributed by atoms with Gasteiger partial charge in [-0.25, -0.2) is 13.4 Å². The maximum Gasteiger partial charge on any atom is 0.307 e. The van der Waals surface area contributed by atoms with E-state index in [0.717, 1.165) is 12.3 Å². The maximum atomic E-state index is 15.1. The SMILES string of the molecule is [2H]C([2H])([2H])C(C)(OC(=O)C[C@@H]1C(=O)N2C[C@H](Oc3nccc4cc(OC(C)C)ccc34)C[C@H]2C(=O)C[C@]2(C(=O)NS(=O)(=O)C3(C)CC3)C[C@H]2/C=C\CC[C@H](C)C[C@H]1C)C([2H])([2H])[2H]. The Morgan fingerprint density at radius 1 is 1.14 bits per heavy atom. The Balaban J connectivity index is 1.36. The van der Waals surface area contributed by atoms with Crippen molar-refractivity contribution < 1.29 is 50.0 Å². The molecule has 0 spiro atoms. The average Bonchev–Trinajstić information content (AvgIpc) is 4.04. The number of pyridine rings is 1. The summed E-state index contributed by atoms with van der Waals surface area (Å²) in [6.07, 6.45) is 6.14. The highest BCUT2D eigenvalue weighted by atomic mass is 32.2. The van der Waals surface area contributed by atoms with Gasteiger partial charge in [0.1, 0.15) is 17.5 Å². The van der Waals surface area contributed by atoms with Crippen LogP contribution in [0.2, 0.25) is 0 Å². The highest BCUT2D eigenvalue weighted by Crippen LogP contribution is 2.57. The molecule has 0 bridgehead atoms. The highest BCUT2D eigenvalue weighted by Gasteiger charge is 2.62. The molecule has 6 rings (SSSR count). The van der Waals surface area contributed by atoms with E-state index in [1.54, 1.807) is 38.2 Å². The van der Waals surface area contributed by atoms with Gasteiger partial charge in [0.25, 0.3) is 0 Å². The molecule has 1 saturated heterocycles. The Labute approximate surface area is 340 Å². The van der Waals surface area contributed by atoms with E-state index in [4.69, 9.17) is 22.4 Å². The zero-order valence-corrected chi connectivity index (χ0v) is 33.9. The van der Waals surface area contributed by atoms with Crippen LogP contribution >= 0.6 is 0 Å². The van der Waals surface area contributed by atoms with Crippen LogP contribution in [-0.4, -0.2) is 77.0 Å². The van der Waals surface area contributed by atoms with Crippen LogP contribution in [0.15, 0.2) is 42.6 Å². The topological polar surface area (TPSA) is 158 Å². The third kappa shape index (κ3) is 9.24. The van der Waals surface area contributed by atoms with Gasteiger partial charge >= 0.3 is 5.97 Å². The normalized spacial score (nSPS) is 32.1. The Hall–Kier alpha value is -4.00. The van der Waals surface area contributed by atoms with E-state index < -0.39 is 99.4 Å². The molecule has 1 aromatic heterocycles. The zero-order chi connectivity index (χ0) is 45.8. The third-order valence-corrected chi connectivity index (χ3v) is 14.0. The Morgan fingerprint density at radius 3 is 2.59 bits per heavy atom. The van der Waals surface area contributed by atoms with Gasteiger partial charge < -0.3 is 19.1 Å². The van der Waals surface area contributed by atoms with Crippen molar-refractivity contribution in [3.8, 4) is 11.6 Å². The highest BCUT2D eigenvalue weighted by molar-refractivity contribution is 7.91. The van der Waals surface area contributed by atoms with Gasteiger partial charge in [-0.1, -0.05) is 26.0 Å². The summed E-state index contributed by atoms with van der Waals surface area (Å²) in [5.41, 5.74) is -4.26. The lowest BCUT2D eigenvalue weighted by atomic mass is 9.82. The van der Waals surface area contributed by atoms with E-state index in [1.807, 2.05) is 39.0 Å². The standard InChI is InChI=1S/C43H59N3O9S/c1-26(2)53-31-13-14-33-29(20-31)15-18-44-38(33)54-32-21-35-36(47)24-43(40(50)45-56(51,52)42(8)16-17-42)23-30(43)12-10-9-11-27(3)19-28(4)34(39(49)46(35)25-32)22-37(48)55-41(5,6)7/h10,12-15,18,20,26-28,30,32,34-35H,9,11,16-17,19,21-25H2,1-8H3,(H,45,50)/b12-10-/t27-,28+,30+,32+,34-,35-,43+/m0/s1/i5D3,6D3. The second-order valence-corrected chi connectivity index (χ2v) is 19.5. The molecule has 4 aliphatic rings. The van der Waals surface area contributed by atoms with Gasteiger partial charge in [-0.3, -0.25) is 23.9 Å². The number of sulfonamides is 1. The second-order valence-electron chi connectivity index (χ2n) is 17.3. The summed E-state index contributed by atoms with van der Waals surface area (Å²) in [6.45, 7) is 3.38. The molecule has 7 atom stereocenters. The second kappa shape index (κ2) is 15.7. The third-order valence-electron chi connectivity index (χ3n) is 11.8. The minimum Gasteiger partial charge on any atom is -0.491 e. The van der Waals surface area contributed by atoms with Crippen LogP contribution in [0.3, 0.4) is 0 Å². The number of fused-ring (bicyclic) bond motifs is 3. The van der Waals surface area contributed by atoms with E-state index >= 15 is 4.79 Å². The molecule has 3 fully saturated rings. The molecule has 306 valence electrons. The number of carbonyl (C=O) groups excluding carboxylic acids is 4. The zero-order valence-electron chi connectivity index (χ0n) is 39.1. The number of amides is 2. The molecule has 12 nitrogen and oxygen atoms in total. The lowest BCUT2D eigenvalue weighted by Gasteiger charge is -2.32. The van der Waals surface area contributed by atoms with Crippen LogP contribution in [0.1, 0.15) is 121 Å². The molecular weight excluding hydrogens is 735 g/mol. The summed E-state index contributed by atoms with van der Waals surface area (Å²) in [7, 11) is -4.04. The largest absolute Gasteiger partial charge is 0.491 e. The summed E-state index contributed by atoms with van der Waals surface area (Å²) in [5.74, 6) is -4.33. The number of nitrogens with one attached hydrogen (secondary N) is 1. The molecule has 2 amide bonds. The van der Waals surface area contributed by atoms with Crippen molar-refractivity contribution in [3.63, 3.8) is 0 Å². The van der Waals surface area contributed by atoms with Crippen molar-refractivity contribution in [1.82, 2.24) is 14.6 Å². The van der Waals surface area contributed by atoms with Gasteiger partial charge in [0.15, 0.2) is 5.78 Å². The van der Waals surface area contributed by atoms with Crippen LogP contribution in [0.25, 0.3) is 10.8 Å². The van der Waals surface area contributed by atoms with E-state index in [-0.39, 0.29) is 43.7 Å². The number of hydrogen-bond donors (Lipinski definition) is 1. The quantitative estimate of drug-likeness (QED) is 0.214. The number of ether oxygens (including phenoxy) is 3. The maximum absolute atomic E-state index is 15.1. The first-order chi connectivity index (χ1) is 28.7. The summed E-state index contributed by atoms with van der Waals surface area (Å²) in [6, 6.07) is 6.05. The van der Waals surface area contributed by atoms with E-state index in [1.165, 1.54) is 4.90 Å². The first-order valence-electron chi connectivity index (χ1n) is 22.7. The number of carbonyl (C=O) groups is 4. The number of aromatic nitrogens is 1. The first-order valence-corrected chi connectivity index (χ1v) is 21.2. The predicted molar refractivity (Wildman–Crippen MR) is 212 cm³/mol. The molecule has 1 N–H and O–H groups in total. The van der Waals surface area contributed by atoms with Crippen LogP contribution in [0.4, 0.5) is 0 Å². The summed E-state index contributed by atoms with van der Waals surface area (Å²) >= 11 is 0. The van der Waals surface area contributed by atoms with Gasteiger partial charge in [0.2, 0.25) is 27.7 Å². The fraction of sp³-hybridized carbons (Fsp3) is 0.651. The summed E-state index contributed by atoms with van der Waals surface area (Å²) in [5, 5.41) is 1.42. The number of hydrogen-bond acceptors (Lipinski definition) is 10. The van der Waals surface area contributed by atoms with E-state index in [2.05, 4.69) is 9.71 Å². The van der Waals surface area contributed by atoms with Gasteiger partial charge in [-0.2, -0.15) is 0 Å². The van der Waals surface area contributed by atoms with Crippen LogP contribution < -0.4 is 14.2 Å². The molecule has 2 aliphatic heterocycles. The van der Waals surface area contributed by atoms with Crippen LogP contribution in [0.5, 0.6) is 11.6 Å². The minimum atomic E-state index is -4.04. The molecule has 2 aromatic rings. The summed E-state index contributed by atoms with van der Waals surface area (Å²) < 4.78 is 93.1. The number of nitrogens with zero attached hydrogens (tertiary/aromatic N) is 2. The van der Waals surface area contributed by atoms with Crippen LogP contribution in [0, 0.1) is 29.1 Å². The number of benzene rings is 1. The number of allylic oxidation sites excluding steroid dienone is 2. The average molecular weight is 800 g/mol. The van der Waals surface area contributed by atoms with E-state index in [0.29, 0.717) is 43.2 Å².